The highest BCUT2D eigenvalue weighted by Gasteiger charge is 2.35. The lowest BCUT2D eigenvalue weighted by Gasteiger charge is -2.17. The fourth-order valence-corrected chi connectivity index (χ4v) is 2.92. The van der Waals surface area contributed by atoms with Crippen molar-refractivity contribution >= 4 is 17.5 Å². The van der Waals surface area contributed by atoms with Gasteiger partial charge in [-0.1, -0.05) is 24.3 Å². The van der Waals surface area contributed by atoms with Gasteiger partial charge in [-0.15, -0.1) is 0 Å². The first-order valence-corrected chi connectivity index (χ1v) is 8.22. The van der Waals surface area contributed by atoms with E-state index in [0.29, 0.717) is 0 Å². The van der Waals surface area contributed by atoms with Crippen LogP contribution in [0.2, 0.25) is 0 Å². The lowest BCUT2D eigenvalue weighted by molar-refractivity contribution is -0.126. The summed E-state index contributed by atoms with van der Waals surface area (Å²) in [7, 11) is 0. The highest BCUT2D eigenvalue weighted by Crippen LogP contribution is 2.25. The molecule has 0 spiro atoms. The standard InChI is InChI=1S/C19H18F2N2O3/c20-15-7-6-12(8-16(15)21)17(24)10-22-19(26)13-9-18(25)23(11-13)14-4-2-1-3-5-14/h1-8,13,17,24H,9-11H2,(H,22,26). The van der Waals surface area contributed by atoms with E-state index >= 15 is 0 Å². The van der Waals surface area contributed by atoms with Crippen molar-refractivity contribution in [3.8, 4) is 0 Å². The van der Waals surface area contributed by atoms with Crippen LogP contribution in [-0.4, -0.2) is 30.0 Å². The number of rotatable bonds is 5. The fraction of sp³-hybridized carbons (Fsp3) is 0.263. The van der Waals surface area contributed by atoms with Gasteiger partial charge in [-0.2, -0.15) is 0 Å². The molecule has 2 aromatic rings. The number of nitrogens with zero attached hydrogens (tertiary/aromatic N) is 1. The molecule has 1 fully saturated rings. The maximum atomic E-state index is 13.2. The average Bonchev–Trinajstić information content (AvgIpc) is 3.04. The van der Waals surface area contributed by atoms with Gasteiger partial charge in [0.15, 0.2) is 11.6 Å². The lowest BCUT2D eigenvalue weighted by Crippen LogP contribution is -2.35. The molecule has 1 heterocycles. The second kappa shape index (κ2) is 7.61. The minimum absolute atomic E-state index is 0.0853. The number of anilines is 1. The number of hydrogen-bond donors (Lipinski definition) is 2. The molecule has 1 aliphatic rings. The fourth-order valence-electron chi connectivity index (χ4n) is 2.92. The molecule has 3 rings (SSSR count). The number of carbonyl (C=O) groups excluding carboxylic acids is 2. The smallest absolute Gasteiger partial charge is 0.227 e. The van der Waals surface area contributed by atoms with Crippen molar-refractivity contribution in [1.29, 1.82) is 0 Å². The Balaban J connectivity index is 1.57. The number of aliphatic hydroxyl groups excluding tert-OH is 1. The number of nitrogens with one attached hydrogen (secondary N) is 1. The molecule has 0 saturated carbocycles. The molecule has 2 amide bonds. The summed E-state index contributed by atoms with van der Waals surface area (Å²) in [6, 6.07) is 12.1. The number of para-hydroxylation sites is 1. The summed E-state index contributed by atoms with van der Waals surface area (Å²) in [6.07, 6.45) is -1.08. The molecule has 2 atom stereocenters. The van der Waals surface area contributed by atoms with Crippen LogP contribution in [-0.2, 0) is 9.59 Å². The largest absolute Gasteiger partial charge is 0.387 e. The Morgan fingerprint density at radius 2 is 1.92 bits per heavy atom. The normalized spacial score (nSPS) is 18.0. The first-order valence-electron chi connectivity index (χ1n) is 8.22. The Kier molecular flexibility index (Phi) is 5.27. The van der Waals surface area contributed by atoms with Gasteiger partial charge in [-0.05, 0) is 29.8 Å². The van der Waals surface area contributed by atoms with Gasteiger partial charge < -0.3 is 15.3 Å². The Labute approximate surface area is 149 Å². The van der Waals surface area contributed by atoms with Gasteiger partial charge >= 0.3 is 0 Å². The van der Waals surface area contributed by atoms with Crippen molar-refractivity contribution in [2.45, 2.75) is 12.5 Å². The van der Waals surface area contributed by atoms with Gasteiger partial charge in [-0.25, -0.2) is 8.78 Å². The average molecular weight is 360 g/mol. The first-order chi connectivity index (χ1) is 12.5. The number of carbonyl (C=O) groups is 2. The zero-order valence-electron chi connectivity index (χ0n) is 13.9. The molecule has 0 radical (unpaired) electrons. The summed E-state index contributed by atoms with van der Waals surface area (Å²) in [6.45, 7) is 0.107. The summed E-state index contributed by atoms with van der Waals surface area (Å²) in [4.78, 5) is 26.0. The van der Waals surface area contributed by atoms with E-state index in [2.05, 4.69) is 5.32 Å². The zero-order valence-corrected chi connectivity index (χ0v) is 13.9. The minimum Gasteiger partial charge on any atom is -0.387 e. The van der Waals surface area contributed by atoms with Crippen LogP contribution in [0.5, 0.6) is 0 Å². The number of hydrogen-bond acceptors (Lipinski definition) is 3. The molecule has 1 aliphatic heterocycles. The molecule has 5 nitrogen and oxygen atoms in total. The van der Waals surface area contributed by atoms with Crippen LogP contribution in [0.1, 0.15) is 18.1 Å². The molecule has 136 valence electrons. The van der Waals surface area contributed by atoms with Crippen molar-refractivity contribution in [2.75, 3.05) is 18.0 Å². The molecule has 0 bridgehead atoms. The summed E-state index contributed by atoms with van der Waals surface area (Å²) in [5.41, 5.74) is 0.896. The quantitative estimate of drug-likeness (QED) is 0.859. The third-order valence-corrected chi connectivity index (χ3v) is 4.36. The van der Waals surface area contributed by atoms with Gasteiger partial charge in [0, 0.05) is 25.2 Å². The van der Waals surface area contributed by atoms with Gasteiger partial charge in [0.1, 0.15) is 0 Å². The maximum Gasteiger partial charge on any atom is 0.227 e. The Bertz CT molecular complexity index is 814. The Hall–Kier alpha value is -2.80. The van der Waals surface area contributed by atoms with E-state index in [9.17, 15) is 23.5 Å². The van der Waals surface area contributed by atoms with Crippen molar-refractivity contribution < 1.29 is 23.5 Å². The second-order valence-electron chi connectivity index (χ2n) is 6.18. The molecular formula is C19H18F2N2O3. The molecule has 1 saturated heterocycles. The number of amides is 2. The summed E-state index contributed by atoms with van der Waals surface area (Å²) in [5.74, 6) is -3.10. The number of halogens is 2. The van der Waals surface area contributed by atoms with Gasteiger partial charge in [-0.3, -0.25) is 9.59 Å². The van der Waals surface area contributed by atoms with E-state index in [1.807, 2.05) is 18.2 Å². The third kappa shape index (κ3) is 3.88. The van der Waals surface area contributed by atoms with E-state index < -0.39 is 23.7 Å². The molecule has 0 aliphatic carbocycles. The van der Waals surface area contributed by atoms with Crippen molar-refractivity contribution in [3.63, 3.8) is 0 Å². The van der Waals surface area contributed by atoms with Crippen molar-refractivity contribution in [1.82, 2.24) is 5.32 Å². The van der Waals surface area contributed by atoms with Crippen LogP contribution >= 0.6 is 0 Å². The molecule has 2 aromatic carbocycles. The van der Waals surface area contributed by atoms with Crippen molar-refractivity contribution in [2.24, 2.45) is 5.92 Å². The van der Waals surface area contributed by atoms with Crippen LogP contribution in [0, 0.1) is 17.6 Å². The molecule has 0 aromatic heterocycles. The Morgan fingerprint density at radius 3 is 2.62 bits per heavy atom. The highest BCUT2D eigenvalue weighted by molar-refractivity contribution is 6.00. The zero-order chi connectivity index (χ0) is 18.7. The minimum atomic E-state index is -1.17. The van der Waals surface area contributed by atoms with Crippen molar-refractivity contribution in [3.05, 3.63) is 65.7 Å². The molecule has 2 unspecified atom stereocenters. The number of benzene rings is 2. The van der Waals surface area contributed by atoms with Crippen LogP contribution in [0.3, 0.4) is 0 Å². The van der Waals surface area contributed by atoms with Crippen LogP contribution < -0.4 is 10.2 Å². The molecule has 7 heteroatoms. The first kappa shape index (κ1) is 18.0. The summed E-state index contributed by atoms with van der Waals surface area (Å²) < 4.78 is 26.1. The molecule has 26 heavy (non-hydrogen) atoms. The van der Waals surface area contributed by atoms with E-state index in [4.69, 9.17) is 0 Å². The lowest BCUT2D eigenvalue weighted by atomic mass is 10.1. The van der Waals surface area contributed by atoms with E-state index in [-0.39, 0.29) is 36.9 Å². The SMILES string of the molecule is O=C(NCC(O)c1ccc(F)c(F)c1)C1CC(=O)N(c2ccccc2)C1. The van der Waals surface area contributed by atoms with Gasteiger partial charge in [0.2, 0.25) is 11.8 Å². The van der Waals surface area contributed by atoms with Gasteiger partial charge in [0.05, 0.1) is 12.0 Å². The predicted molar refractivity (Wildman–Crippen MR) is 91.2 cm³/mol. The van der Waals surface area contributed by atoms with Crippen LogP contribution in [0.25, 0.3) is 0 Å². The number of aliphatic hydroxyl groups is 1. The molecule has 2 N–H and O–H groups in total. The van der Waals surface area contributed by atoms with E-state index in [1.54, 1.807) is 17.0 Å². The summed E-state index contributed by atoms with van der Waals surface area (Å²) >= 11 is 0. The monoisotopic (exact) mass is 360 g/mol. The van der Waals surface area contributed by atoms with Gasteiger partial charge in [0.25, 0.3) is 0 Å². The maximum absolute atomic E-state index is 13.2. The second-order valence-corrected chi connectivity index (χ2v) is 6.18. The molecular weight excluding hydrogens is 342 g/mol. The Morgan fingerprint density at radius 1 is 1.19 bits per heavy atom. The third-order valence-electron chi connectivity index (χ3n) is 4.36. The van der Waals surface area contributed by atoms with E-state index in [1.165, 1.54) is 6.07 Å². The van der Waals surface area contributed by atoms with Crippen LogP contribution in [0.4, 0.5) is 14.5 Å². The van der Waals surface area contributed by atoms with E-state index in [0.717, 1.165) is 17.8 Å². The van der Waals surface area contributed by atoms with Crippen LogP contribution in [0.15, 0.2) is 48.5 Å². The highest BCUT2D eigenvalue weighted by atomic mass is 19.2. The predicted octanol–water partition coefficient (Wildman–Crippen LogP) is 2.17. The topological polar surface area (TPSA) is 69.6 Å². The summed E-state index contributed by atoms with van der Waals surface area (Å²) in [5, 5.41) is 12.6.